The van der Waals surface area contributed by atoms with E-state index < -0.39 is 0 Å². The average molecular weight is 328 g/mol. The molecule has 0 unspecified atom stereocenters. The van der Waals surface area contributed by atoms with Crippen LogP contribution in [-0.2, 0) is 0 Å². The van der Waals surface area contributed by atoms with Crippen molar-refractivity contribution in [2.75, 3.05) is 33.8 Å². The quantitative estimate of drug-likeness (QED) is 0.906. The van der Waals surface area contributed by atoms with E-state index in [0.717, 1.165) is 17.9 Å². The van der Waals surface area contributed by atoms with E-state index in [1.807, 2.05) is 31.3 Å². The number of carbonyl (C=O) groups is 1. The Morgan fingerprint density at radius 2 is 2.04 bits per heavy atom. The molecular weight excluding hydrogens is 308 g/mol. The topological polar surface area (TPSA) is 78.5 Å². The van der Waals surface area contributed by atoms with Crippen molar-refractivity contribution in [1.82, 2.24) is 20.0 Å². The molecule has 0 bridgehead atoms. The molecule has 1 N–H and O–H groups in total. The first-order valence-electron chi connectivity index (χ1n) is 7.78. The number of likely N-dealkylation sites (N-methyl/N-ethyl adjacent to an activating group) is 1. The maximum Gasteiger partial charge on any atom is 0.274 e. The van der Waals surface area contributed by atoms with E-state index in [1.165, 1.54) is 12.1 Å². The van der Waals surface area contributed by atoms with Gasteiger partial charge in [-0.1, -0.05) is 18.2 Å². The SMILES string of the molecule is COc1ccccc1[C@@H]1CN(C(=O)c2ccc(=O)[nH]n2)CCN1C. The van der Waals surface area contributed by atoms with Crippen LogP contribution in [0.1, 0.15) is 22.1 Å². The zero-order chi connectivity index (χ0) is 17.1. The van der Waals surface area contributed by atoms with Gasteiger partial charge in [-0.15, -0.1) is 0 Å². The van der Waals surface area contributed by atoms with E-state index in [2.05, 4.69) is 15.1 Å². The van der Waals surface area contributed by atoms with Gasteiger partial charge < -0.3 is 9.64 Å². The van der Waals surface area contributed by atoms with Crippen molar-refractivity contribution in [3.63, 3.8) is 0 Å². The number of nitrogens with zero attached hydrogens (tertiary/aromatic N) is 3. The Hall–Kier alpha value is -2.67. The van der Waals surface area contributed by atoms with Crippen molar-refractivity contribution in [3.05, 3.63) is 58.0 Å². The first kappa shape index (κ1) is 16.2. The number of rotatable bonds is 3. The first-order chi connectivity index (χ1) is 11.6. The Balaban J connectivity index is 1.84. The molecule has 1 atom stereocenters. The van der Waals surface area contributed by atoms with E-state index in [0.29, 0.717) is 13.1 Å². The molecule has 1 aromatic carbocycles. The van der Waals surface area contributed by atoms with Crippen molar-refractivity contribution in [3.8, 4) is 5.75 Å². The summed E-state index contributed by atoms with van der Waals surface area (Å²) < 4.78 is 5.46. The highest BCUT2D eigenvalue weighted by Gasteiger charge is 2.31. The minimum atomic E-state index is -0.322. The predicted molar refractivity (Wildman–Crippen MR) is 89.1 cm³/mol. The number of hydrogen-bond donors (Lipinski definition) is 1. The van der Waals surface area contributed by atoms with Gasteiger partial charge in [-0.25, -0.2) is 5.10 Å². The van der Waals surface area contributed by atoms with Crippen LogP contribution < -0.4 is 10.3 Å². The lowest BCUT2D eigenvalue weighted by atomic mass is 10.0. The molecule has 1 aliphatic rings. The van der Waals surface area contributed by atoms with Gasteiger partial charge in [-0.05, 0) is 19.2 Å². The summed E-state index contributed by atoms with van der Waals surface area (Å²) >= 11 is 0. The fourth-order valence-electron chi connectivity index (χ4n) is 2.96. The van der Waals surface area contributed by atoms with Crippen LogP contribution in [0.5, 0.6) is 5.75 Å². The molecule has 1 amide bonds. The van der Waals surface area contributed by atoms with Crippen molar-refractivity contribution < 1.29 is 9.53 Å². The Morgan fingerprint density at radius 3 is 2.75 bits per heavy atom. The molecule has 1 saturated heterocycles. The minimum absolute atomic E-state index is 0.0432. The normalized spacial score (nSPS) is 18.4. The molecule has 1 fully saturated rings. The van der Waals surface area contributed by atoms with Crippen molar-refractivity contribution in [1.29, 1.82) is 0 Å². The molecule has 3 rings (SSSR count). The lowest BCUT2D eigenvalue weighted by Crippen LogP contribution is -2.49. The van der Waals surface area contributed by atoms with Gasteiger partial charge >= 0.3 is 0 Å². The Morgan fingerprint density at radius 1 is 1.25 bits per heavy atom. The lowest BCUT2D eigenvalue weighted by Gasteiger charge is -2.39. The van der Waals surface area contributed by atoms with E-state index in [4.69, 9.17) is 4.74 Å². The third-order valence-corrected chi connectivity index (χ3v) is 4.33. The predicted octanol–water partition coefficient (Wildman–Crippen LogP) is 0.907. The van der Waals surface area contributed by atoms with E-state index in [9.17, 15) is 9.59 Å². The summed E-state index contributed by atoms with van der Waals surface area (Å²) in [7, 11) is 3.69. The maximum absolute atomic E-state index is 12.6. The molecule has 7 nitrogen and oxygen atoms in total. The summed E-state index contributed by atoms with van der Waals surface area (Å²) in [5, 5.41) is 6.14. The fraction of sp³-hybridized carbons (Fsp3) is 0.353. The van der Waals surface area contributed by atoms with Crippen LogP contribution in [0, 0.1) is 0 Å². The second-order valence-electron chi connectivity index (χ2n) is 5.80. The number of hydrogen-bond acceptors (Lipinski definition) is 5. The summed E-state index contributed by atoms with van der Waals surface area (Å²) in [4.78, 5) is 27.7. The smallest absolute Gasteiger partial charge is 0.274 e. The van der Waals surface area contributed by atoms with Gasteiger partial charge in [-0.3, -0.25) is 14.5 Å². The highest BCUT2D eigenvalue weighted by molar-refractivity contribution is 5.92. The number of benzene rings is 1. The van der Waals surface area contributed by atoms with Gasteiger partial charge in [0.25, 0.3) is 11.5 Å². The van der Waals surface area contributed by atoms with Crippen LogP contribution in [0.25, 0.3) is 0 Å². The third kappa shape index (κ3) is 3.16. The van der Waals surface area contributed by atoms with Crippen LogP contribution >= 0.6 is 0 Å². The highest BCUT2D eigenvalue weighted by atomic mass is 16.5. The summed E-state index contributed by atoms with van der Waals surface area (Å²) in [6.45, 7) is 1.90. The number of methoxy groups -OCH3 is 1. The summed E-state index contributed by atoms with van der Waals surface area (Å²) in [6.07, 6.45) is 0. The fourth-order valence-corrected chi connectivity index (χ4v) is 2.96. The van der Waals surface area contributed by atoms with Crippen molar-refractivity contribution in [2.45, 2.75) is 6.04 Å². The van der Waals surface area contributed by atoms with Gasteiger partial charge in [0.05, 0.1) is 13.2 Å². The van der Waals surface area contributed by atoms with Gasteiger partial charge in [0, 0.05) is 31.3 Å². The Bertz CT molecular complexity index is 769. The van der Waals surface area contributed by atoms with Crippen LogP contribution in [-0.4, -0.2) is 59.7 Å². The number of carbonyl (C=O) groups excluding carboxylic acids is 1. The molecule has 0 radical (unpaired) electrons. The van der Waals surface area contributed by atoms with Crippen molar-refractivity contribution in [2.24, 2.45) is 0 Å². The van der Waals surface area contributed by atoms with E-state index in [-0.39, 0.29) is 23.2 Å². The number of amides is 1. The molecule has 24 heavy (non-hydrogen) atoms. The molecule has 1 aromatic heterocycles. The van der Waals surface area contributed by atoms with Gasteiger partial charge in [0.2, 0.25) is 0 Å². The van der Waals surface area contributed by atoms with E-state index >= 15 is 0 Å². The monoisotopic (exact) mass is 328 g/mol. The molecular formula is C17H20N4O3. The Kier molecular flexibility index (Phi) is 4.61. The highest BCUT2D eigenvalue weighted by Crippen LogP contribution is 2.31. The average Bonchev–Trinajstić information content (AvgIpc) is 2.62. The number of aromatic amines is 1. The molecule has 7 heteroatoms. The number of para-hydroxylation sites is 1. The van der Waals surface area contributed by atoms with Crippen LogP contribution in [0.4, 0.5) is 0 Å². The van der Waals surface area contributed by atoms with Gasteiger partial charge in [0.15, 0.2) is 0 Å². The number of H-pyrrole nitrogens is 1. The largest absolute Gasteiger partial charge is 0.496 e. The number of ether oxygens (including phenoxy) is 1. The van der Waals surface area contributed by atoms with Crippen LogP contribution in [0.2, 0.25) is 0 Å². The van der Waals surface area contributed by atoms with Crippen LogP contribution in [0.3, 0.4) is 0 Å². The zero-order valence-electron chi connectivity index (χ0n) is 13.7. The number of nitrogens with one attached hydrogen (secondary N) is 1. The summed E-state index contributed by atoms with van der Waals surface area (Å²) in [5.41, 5.74) is 0.976. The molecule has 0 aliphatic carbocycles. The standard InChI is InChI=1S/C17H20N4O3/c1-20-9-10-21(17(23)13-7-8-16(22)19-18-13)11-14(20)12-5-3-4-6-15(12)24-2/h3-8,14H,9-11H2,1-2H3,(H,19,22)/t14-/m0/s1. The minimum Gasteiger partial charge on any atom is -0.496 e. The summed E-state index contributed by atoms with van der Waals surface area (Å²) in [5.74, 6) is 0.630. The van der Waals surface area contributed by atoms with Crippen LogP contribution in [0.15, 0.2) is 41.2 Å². The second-order valence-corrected chi connectivity index (χ2v) is 5.80. The molecule has 2 heterocycles. The lowest BCUT2D eigenvalue weighted by molar-refractivity contribution is 0.0535. The number of aromatic nitrogens is 2. The molecule has 0 saturated carbocycles. The first-order valence-corrected chi connectivity index (χ1v) is 7.78. The van der Waals surface area contributed by atoms with Crippen molar-refractivity contribution >= 4 is 5.91 Å². The zero-order valence-corrected chi connectivity index (χ0v) is 13.7. The maximum atomic E-state index is 12.6. The molecule has 126 valence electrons. The van der Waals surface area contributed by atoms with Gasteiger partial charge in [0.1, 0.15) is 11.4 Å². The third-order valence-electron chi connectivity index (χ3n) is 4.33. The van der Waals surface area contributed by atoms with E-state index in [1.54, 1.807) is 12.0 Å². The molecule has 2 aromatic rings. The van der Waals surface area contributed by atoms with Gasteiger partial charge in [-0.2, -0.15) is 5.10 Å². The summed E-state index contributed by atoms with van der Waals surface area (Å²) in [6, 6.07) is 10.7. The molecule has 1 aliphatic heterocycles. The number of piperazine rings is 1. The Labute approximate surface area is 139 Å². The second kappa shape index (κ2) is 6.84. The molecule has 0 spiro atoms.